The molecule has 0 saturated heterocycles. The standard InChI is InChI=1S/C79H134O17P2/c1-5-9-13-17-21-25-29-32-34-36-38-41-44-47-51-55-59-63-76(81)89-69-74(95-78(83)65-61-57-53-49-43-28-24-20-16-12-8-4)71-93-97(85,86)91-67-73(80)68-92-98(87,88)94-72-75(96-79(84)66-62-58-54-50-46-40-31-27-23-19-15-11-7-3)70-90-77(82)64-60-56-52-48-45-42-39-37-35-33-30-26-22-18-14-10-6-2/h9-10,13-14,20-22,24-27,31-35,38,41,47,51,73-75,80H,5-8,11-12,15-19,23,28-30,36-37,39-40,42-46,48-50,52-72H2,1-4H3,(H,85,86)(H,87,88)/b13-9-,14-10-,24-20-,25-21-,26-22-,31-27-,34-32-,35-33-,41-38-,51-47-. The Morgan fingerprint density at radius 1 is 0.296 bits per heavy atom. The summed E-state index contributed by atoms with van der Waals surface area (Å²) in [6.45, 7) is 4.49. The minimum Gasteiger partial charge on any atom is -0.462 e. The molecule has 0 spiro atoms. The van der Waals surface area contributed by atoms with Gasteiger partial charge in [0.25, 0.3) is 0 Å². The van der Waals surface area contributed by atoms with E-state index in [1.54, 1.807) is 0 Å². The van der Waals surface area contributed by atoms with Crippen LogP contribution in [0.25, 0.3) is 0 Å². The van der Waals surface area contributed by atoms with Crippen LogP contribution in [-0.4, -0.2) is 96.7 Å². The van der Waals surface area contributed by atoms with Gasteiger partial charge in [0.2, 0.25) is 0 Å². The largest absolute Gasteiger partial charge is 0.472 e. The van der Waals surface area contributed by atoms with Crippen LogP contribution < -0.4 is 0 Å². The van der Waals surface area contributed by atoms with Crippen molar-refractivity contribution in [3.63, 3.8) is 0 Å². The molecule has 0 heterocycles. The Morgan fingerprint density at radius 2 is 0.551 bits per heavy atom. The highest BCUT2D eigenvalue weighted by atomic mass is 31.2. The Kier molecular flexibility index (Phi) is 67.6. The Morgan fingerprint density at radius 3 is 0.898 bits per heavy atom. The first-order chi connectivity index (χ1) is 47.7. The van der Waals surface area contributed by atoms with Crippen LogP contribution in [0, 0.1) is 0 Å². The summed E-state index contributed by atoms with van der Waals surface area (Å²) in [5.41, 5.74) is 0. The van der Waals surface area contributed by atoms with Gasteiger partial charge in [0.15, 0.2) is 12.2 Å². The summed E-state index contributed by atoms with van der Waals surface area (Å²) in [6.07, 6.45) is 76.3. The molecule has 98 heavy (non-hydrogen) atoms. The van der Waals surface area contributed by atoms with Gasteiger partial charge >= 0.3 is 39.5 Å². The molecule has 0 aromatic heterocycles. The molecule has 17 nitrogen and oxygen atoms in total. The lowest BCUT2D eigenvalue weighted by molar-refractivity contribution is -0.161. The number of rotatable bonds is 70. The van der Waals surface area contributed by atoms with Gasteiger partial charge in [-0.1, -0.05) is 252 Å². The summed E-state index contributed by atoms with van der Waals surface area (Å²) in [7, 11) is -9.97. The zero-order valence-corrected chi connectivity index (χ0v) is 63.0. The minimum atomic E-state index is -4.99. The maximum atomic E-state index is 13.1. The number of unbranched alkanes of at least 4 members (excludes halogenated alkanes) is 24. The molecule has 0 aliphatic heterocycles. The van der Waals surface area contributed by atoms with Crippen molar-refractivity contribution in [3.05, 3.63) is 122 Å². The van der Waals surface area contributed by atoms with E-state index in [2.05, 4.69) is 137 Å². The first kappa shape index (κ1) is 93.5. The zero-order valence-electron chi connectivity index (χ0n) is 61.2. The molecule has 0 bridgehead atoms. The lowest BCUT2D eigenvalue weighted by atomic mass is 10.1. The van der Waals surface area contributed by atoms with Gasteiger partial charge in [-0.3, -0.25) is 37.3 Å². The van der Waals surface area contributed by atoms with Crippen LogP contribution in [0.5, 0.6) is 0 Å². The first-order valence-electron chi connectivity index (χ1n) is 37.8. The van der Waals surface area contributed by atoms with E-state index in [0.29, 0.717) is 32.1 Å². The SMILES string of the molecule is CC/C=C\C/C=C\C/C=C\C/C=C\C/C=C\CCCC(=O)OCC(COP(=O)(O)OCC(O)COP(=O)(O)OCC(COC(=O)CCCCCCCCC/C=C\C/C=C\C/C=C\CC)OC(=O)CCCCCCC/C=C\CCCCCC)OC(=O)CCCCCCC/C=C\CCCC. The van der Waals surface area contributed by atoms with Crippen molar-refractivity contribution in [2.24, 2.45) is 0 Å². The van der Waals surface area contributed by atoms with Gasteiger partial charge in [-0.05, 0) is 141 Å². The third-order valence-corrected chi connectivity index (χ3v) is 17.3. The van der Waals surface area contributed by atoms with Gasteiger partial charge in [0, 0.05) is 25.7 Å². The second-order valence-electron chi connectivity index (χ2n) is 24.8. The lowest BCUT2D eigenvalue weighted by Gasteiger charge is -2.21. The number of hydrogen-bond acceptors (Lipinski definition) is 15. The van der Waals surface area contributed by atoms with Crippen LogP contribution in [-0.2, 0) is 65.4 Å². The van der Waals surface area contributed by atoms with E-state index in [-0.39, 0.29) is 25.7 Å². The molecule has 0 saturated carbocycles. The quantitative estimate of drug-likeness (QED) is 0.0169. The van der Waals surface area contributed by atoms with Gasteiger partial charge in [-0.2, -0.15) is 0 Å². The lowest BCUT2D eigenvalue weighted by Crippen LogP contribution is -2.30. The molecule has 0 amide bonds. The number of carbonyl (C=O) groups excluding carboxylic acids is 4. The average Bonchev–Trinajstić information content (AvgIpc) is 0.985. The molecular weight excluding hydrogens is 1280 g/mol. The Balaban J connectivity index is 5.37. The number of carbonyl (C=O) groups is 4. The van der Waals surface area contributed by atoms with Crippen LogP contribution in [0.1, 0.15) is 297 Å². The van der Waals surface area contributed by atoms with E-state index in [0.717, 1.165) is 173 Å². The number of ether oxygens (including phenoxy) is 4. The summed E-state index contributed by atoms with van der Waals surface area (Å²) < 4.78 is 68.3. The third kappa shape index (κ3) is 69.9. The van der Waals surface area contributed by atoms with Gasteiger partial charge in [0.05, 0.1) is 26.4 Å². The van der Waals surface area contributed by atoms with Crippen molar-refractivity contribution in [2.75, 3.05) is 39.6 Å². The number of aliphatic hydroxyl groups excluding tert-OH is 1. The normalized spacial score (nSPS) is 14.6. The van der Waals surface area contributed by atoms with E-state index in [1.807, 2.05) is 12.2 Å². The number of aliphatic hydroxyl groups is 1. The monoisotopic (exact) mass is 1420 g/mol. The van der Waals surface area contributed by atoms with Crippen molar-refractivity contribution in [1.82, 2.24) is 0 Å². The van der Waals surface area contributed by atoms with Crippen molar-refractivity contribution < 1.29 is 80.2 Å². The number of hydrogen-bond donors (Lipinski definition) is 3. The van der Waals surface area contributed by atoms with Gasteiger partial charge < -0.3 is 33.8 Å². The summed E-state index contributed by atoms with van der Waals surface area (Å²) >= 11 is 0. The topological polar surface area (TPSA) is 237 Å². The zero-order chi connectivity index (χ0) is 71.8. The molecule has 0 rings (SSSR count). The van der Waals surface area contributed by atoms with E-state index in [1.165, 1.54) is 38.5 Å². The molecule has 5 unspecified atom stereocenters. The summed E-state index contributed by atoms with van der Waals surface area (Å²) in [4.78, 5) is 72.8. The van der Waals surface area contributed by atoms with Crippen molar-refractivity contribution in [2.45, 2.75) is 316 Å². The number of phosphoric ester groups is 2. The highest BCUT2D eigenvalue weighted by Crippen LogP contribution is 2.45. The smallest absolute Gasteiger partial charge is 0.462 e. The Bertz CT molecular complexity index is 2340. The maximum Gasteiger partial charge on any atom is 0.472 e. The van der Waals surface area contributed by atoms with Crippen molar-refractivity contribution >= 4 is 39.5 Å². The van der Waals surface area contributed by atoms with E-state index >= 15 is 0 Å². The summed E-state index contributed by atoms with van der Waals surface area (Å²) in [5, 5.41) is 10.6. The molecule has 3 N–H and O–H groups in total. The van der Waals surface area contributed by atoms with E-state index < -0.39 is 97.5 Å². The fourth-order valence-electron chi connectivity index (χ4n) is 9.66. The number of phosphoric acid groups is 2. The Labute approximate surface area is 593 Å². The van der Waals surface area contributed by atoms with Gasteiger partial charge in [0.1, 0.15) is 19.3 Å². The molecule has 5 atom stereocenters. The molecule has 0 fully saturated rings. The first-order valence-corrected chi connectivity index (χ1v) is 40.8. The van der Waals surface area contributed by atoms with Gasteiger partial charge in [-0.25, -0.2) is 9.13 Å². The molecule has 0 aromatic rings. The number of allylic oxidation sites excluding steroid dienone is 20. The van der Waals surface area contributed by atoms with Crippen LogP contribution in [0.4, 0.5) is 0 Å². The second-order valence-corrected chi connectivity index (χ2v) is 27.7. The molecule has 562 valence electrons. The Hall–Kier alpha value is -4.54. The molecule has 19 heteroatoms. The van der Waals surface area contributed by atoms with Gasteiger partial charge in [-0.15, -0.1) is 0 Å². The van der Waals surface area contributed by atoms with Crippen LogP contribution in [0.3, 0.4) is 0 Å². The van der Waals surface area contributed by atoms with Crippen molar-refractivity contribution in [3.8, 4) is 0 Å². The molecule has 0 aromatic carbocycles. The molecule has 0 aliphatic rings. The van der Waals surface area contributed by atoms with E-state index in [9.17, 15) is 43.2 Å². The minimum absolute atomic E-state index is 0.0701. The summed E-state index contributed by atoms with van der Waals surface area (Å²) in [6, 6.07) is 0. The maximum absolute atomic E-state index is 13.1. The molecule has 0 radical (unpaired) electrons. The van der Waals surface area contributed by atoms with Crippen LogP contribution in [0.15, 0.2) is 122 Å². The predicted molar refractivity (Wildman–Crippen MR) is 399 cm³/mol. The van der Waals surface area contributed by atoms with Crippen LogP contribution in [0.2, 0.25) is 0 Å². The molecule has 0 aliphatic carbocycles. The highest BCUT2D eigenvalue weighted by Gasteiger charge is 2.30. The van der Waals surface area contributed by atoms with Crippen molar-refractivity contribution in [1.29, 1.82) is 0 Å². The predicted octanol–water partition coefficient (Wildman–Crippen LogP) is 21.6. The fraction of sp³-hybridized carbons (Fsp3) is 0.696. The number of esters is 4. The average molecular weight is 1420 g/mol. The summed E-state index contributed by atoms with van der Waals surface area (Å²) in [5.74, 6) is -2.27. The molecular formula is C79H134O17P2. The fourth-order valence-corrected chi connectivity index (χ4v) is 11.2. The van der Waals surface area contributed by atoms with Crippen LogP contribution >= 0.6 is 15.6 Å². The second kappa shape index (κ2) is 70.9. The third-order valence-electron chi connectivity index (χ3n) is 15.4. The van der Waals surface area contributed by atoms with E-state index in [4.69, 9.17) is 37.0 Å². The highest BCUT2D eigenvalue weighted by molar-refractivity contribution is 7.47.